The number of nitrogens with zero attached hydrogens (tertiary/aromatic N) is 4. The molecule has 39 heavy (non-hydrogen) atoms. The Morgan fingerprint density at radius 1 is 1.13 bits per heavy atom. The number of nitro groups is 1. The van der Waals surface area contributed by atoms with Crippen LogP contribution in [0.5, 0.6) is 5.75 Å². The fraction of sp³-hybridized carbons (Fsp3) is 0.179. The highest BCUT2D eigenvalue weighted by Crippen LogP contribution is 2.40. The minimum atomic E-state index is -0.414. The van der Waals surface area contributed by atoms with E-state index in [4.69, 9.17) is 17.0 Å². The molecule has 0 bridgehead atoms. The number of carbonyl (C=O) groups excluding carboxylic acids is 1. The fourth-order valence-electron chi connectivity index (χ4n) is 4.78. The molecule has 0 aliphatic carbocycles. The lowest BCUT2D eigenvalue weighted by Crippen LogP contribution is -2.33. The van der Waals surface area contributed by atoms with Gasteiger partial charge >= 0.3 is 0 Å². The van der Waals surface area contributed by atoms with Crippen LogP contribution in [0.15, 0.2) is 91.3 Å². The third-order valence-electron chi connectivity index (χ3n) is 6.56. The number of pyridine rings is 1. The van der Waals surface area contributed by atoms with Gasteiger partial charge < -0.3 is 24.8 Å². The lowest BCUT2D eigenvalue weighted by molar-refractivity contribution is -0.384. The van der Waals surface area contributed by atoms with E-state index in [1.165, 1.54) is 12.1 Å². The predicted octanol–water partition coefficient (Wildman–Crippen LogP) is 4.79. The van der Waals surface area contributed by atoms with Crippen molar-refractivity contribution >= 4 is 34.6 Å². The molecule has 4 aromatic rings. The first kappa shape index (κ1) is 25.9. The number of amides is 1. The van der Waals surface area contributed by atoms with E-state index in [9.17, 15) is 14.9 Å². The van der Waals surface area contributed by atoms with Gasteiger partial charge in [-0.1, -0.05) is 24.3 Å². The highest BCUT2D eigenvalue weighted by Gasteiger charge is 2.41. The van der Waals surface area contributed by atoms with Crippen molar-refractivity contribution in [3.05, 3.63) is 113 Å². The molecular weight excluding hydrogens is 516 g/mol. The minimum absolute atomic E-state index is 0.00152. The first-order chi connectivity index (χ1) is 19.0. The number of rotatable bonds is 9. The van der Waals surface area contributed by atoms with Crippen LogP contribution in [-0.4, -0.2) is 44.0 Å². The lowest BCUT2D eigenvalue weighted by atomic mass is 10.0. The zero-order valence-electron chi connectivity index (χ0n) is 21.1. The summed E-state index contributed by atoms with van der Waals surface area (Å²) in [6.45, 7) is 0.334. The highest BCUT2D eigenvalue weighted by molar-refractivity contribution is 7.80. The molecule has 1 aliphatic rings. The van der Waals surface area contributed by atoms with E-state index in [1.54, 1.807) is 31.5 Å². The smallest absolute Gasteiger partial charge is 0.271 e. The summed E-state index contributed by atoms with van der Waals surface area (Å²) in [6.07, 6.45) is 3.75. The molecule has 0 spiro atoms. The monoisotopic (exact) mass is 542 g/mol. The Balaban J connectivity index is 1.46. The first-order valence-corrected chi connectivity index (χ1v) is 12.7. The number of non-ortho nitro benzene ring substituents is 1. The van der Waals surface area contributed by atoms with E-state index < -0.39 is 4.92 Å². The molecule has 2 atom stereocenters. The summed E-state index contributed by atoms with van der Waals surface area (Å²) in [5, 5.41) is 18.2. The average molecular weight is 543 g/mol. The van der Waals surface area contributed by atoms with Gasteiger partial charge in [-0.05, 0) is 54.7 Å². The normalized spacial score (nSPS) is 16.5. The van der Waals surface area contributed by atoms with Crippen molar-refractivity contribution in [3.63, 3.8) is 0 Å². The van der Waals surface area contributed by atoms with Crippen LogP contribution in [0.3, 0.4) is 0 Å². The number of hydrogen-bond donors (Lipinski definition) is 2. The van der Waals surface area contributed by atoms with Crippen LogP contribution in [-0.2, 0) is 4.79 Å². The van der Waals surface area contributed by atoms with E-state index in [0.29, 0.717) is 28.8 Å². The van der Waals surface area contributed by atoms with Gasteiger partial charge in [-0.2, -0.15) is 0 Å². The van der Waals surface area contributed by atoms with Crippen LogP contribution < -0.4 is 15.4 Å². The topological polar surface area (TPSA) is 115 Å². The summed E-state index contributed by atoms with van der Waals surface area (Å²) in [7, 11) is 1.55. The van der Waals surface area contributed by atoms with E-state index in [1.807, 2.05) is 64.2 Å². The quantitative estimate of drug-likeness (QED) is 0.176. The zero-order valence-corrected chi connectivity index (χ0v) is 21.9. The molecule has 3 heterocycles. The molecule has 2 aromatic heterocycles. The number of methoxy groups -OCH3 is 1. The molecule has 1 aliphatic heterocycles. The van der Waals surface area contributed by atoms with Crippen molar-refractivity contribution in [3.8, 4) is 11.4 Å². The van der Waals surface area contributed by atoms with Crippen molar-refractivity contribution in [2.45, 2.75) is 18.5 Å². The molecule has 2 aromatic carbocycles. The molecule has 10 nitrogen and oxygen atoms in total. The second kappa shape index (κ2) is 11.3. The predicted molar refractivity (Wildman–Crippen MR) is 151 cm³/mol. The zero-order chi connectivity index (χ0) is 27.4. The van der Waals surface area contributed by atoms with Gasteiger partial charge in [0.2, 0.25) is 5.91 Å². The average Bonchev–Trinajstić information content (AvgIpc) is 3.57. The van der Waals surface area contributed by atoms with Gasteiger partial charge in [0.05, 0.1) is 41.2 Å². The number of anilines is 1. The van der Waals surface area contributed by atoms with Gasteiger partial charge in [0.1, 0.15) is 5.75 Å². The number of thiocarbonyl (C=S) groups is 1. The molecule has 11 heteroatoms. The summed E-state index contributed by atoms with van der Waals surface area (Å²) < 4.78 is 7.25. The van der Waals surface area contributed by atoms with E-state index in [0.717, 1.165) is 11.4 Å². The number of carbonyl (C=O) groups is 1. The number of ether oxygens (including phenoxy) is 1. The minimum Gasteiger partial charge on any atom is -0.495 e. The molecule has 0 saturated carbocycles. The van der Waals surface area contributed by atoms with E-state index >= 15 is 0 Å². The Kier molecular flexibility index (Phi) is 7.50. The second-order valence-corrected chi connectivity index (χ2v) is 9.29. The van der Waals surface area contributed by atoms with Gasteiger partial charge in [-0.25, -0.2) is 0 Å². The van der Waals surface area contributed by atoms with Crippen LogP contribution in [0.25, 0.3) is 5.69 Å². The number of para-hydroxylation sites is 2. The molecule has 5 rings (SSSR count). The van der Waals surface area contributed by atoms with Gasteiger partial charge in [0, 0.05) is 43.2 Å². The van der Waals surface area contributed by atoms with Crippen LogP contribution in [0.4, 0.5) is 11.4 Å². The first-order valence-electron chi connectivity index (χ1n) is 12.3. The molecule has 1 fully saturated rings. The van der Waals surface area contributed by atoms with Crippen LogP contribution >= 0.6 is 12.2 Å². The lowest BCUT2D eigenvalue weighted by Gasteiger charge is -2.28. The Bertz CT molecular complexity index is 1510. The number of benzene rings is 2. The standard InChI is InChI=1S/C28H26N6O4S/c1-38-24-13-3-2-10-21(24)30-25(35)14-17-33-27(26(31-28(33)39)22-11-4-5-15-29-22)23-12-7-16-32(23)19-8-6-9-20(18-19)34(36)37/h2-13,15-16,18,26-27H,14,17H2,1H3,(H,30,35)(H,31,39). The SMILES string of the molecule is COc1ccccc1NC(=O)CCN1C(=S)NC(c2ccccn2)C1c1cccn1-c1cccc([N+](=O)[O-])c1. The van der Waals surface area contributed by atoms with Gasteiger partial charge in [-0.15, -0.1) is 0 Å². The Hall–Kier alpha value is -4.77. The molecule has 198 valence electrons. The summed E-state index contributed by atoms with van der Waals surface area (Å²) in [5.41, 5.74) is 2.88. The summed E-state index contributed by atoms with van der Waals surface area (Å²) in [6, 6.07) is 22.6. The third-order valence-corrected chi connectivity index (χ3v) is 6.91. The Morgan fingerprint density at radius 2 is 1.95 bits per heavy atom. The highest BCUT2D eigenvalue weighted by atomic mass is 32.1. The Labute approximate surface area is 230 Å². The van der Waals surface area contributed by atoms with Gasteiger partial charge in [0.25, 0.3) is 5.69 Å². The molecule has 2 unspecified atom stereocenters. The van der Waals surface area contributed by atoms with Crippen molar-refractivity contribution < 1.29 is 14.5 Å². The maximum Gasteiger partial charge on any atom is 0.271 e. The van der Waals surface area contributed by atoms with Crippen LogP contribution in [0, 0.1) is 10.1 Å². The summed E-state index contributed by atoms with van der Waals surface area (Å²) >= 11 is 5.74. The van der Waals surface area contributed by atoms with Crippen molar-refractivity contribution in [1.29, 1.82) is 0 Å². The fourth-order valence-corrected chi connectivity index (χ4v) is 5.11. The summed E-state index contributed by atoms with van der Waals surface area (Å²) in [5.74, 6) is 0.392. The van der Waals surface area contributed by atoms with Gasteiger partial charge in [-0.3, -0.25) is 19.9 Å². The molecule has 0 radical (unpaired) electrons. The maximum atomic E-state index is 12.9. The number of aromatic nitrogens is 2. The maximum absolute atomic E-state index is 12.9. The number of nitrogens with one attached hydrogen (secondary N) is 2. The largest absolute Gasteiger partial charge is 0.495 e. The van der Waals surface area contributed by atoms with Crippen molar-refractivity contribution in [2.24, 2.45) is 0 Å². The second-order valence-electron chi connectivity index (χ2n) is 8.90. The number of nitro benzene ring substituents is 1. The third kappa shape index (κ3) is 5.43. The van der Waals surface area contributed by atoms with E-state index in [2.05, 4.69) is 15.6 Å². The van der Waals surface area contributed by atoms with Crippen molar-refractivity contribution in [2.75, 3.05) is 19.0 Å². The molecule has 2 N–H and O–H groups in total. The Morgan fingerprint density at radius 3 is 2.72 bits per heavy atom. The summed E-state index contributed by atoms with van der Waals surface area (Å²) in [4.78, 5) is 30.5. The van der Waals surface area contributed by atoms with E-state index in [-0.39, 0.29) is 30.1 Å². The molecule has 1 saturated heterocycles. The van der Waals surface area contributed by atoms with Crippen LogP contribution in [0.2, 0.25) is 0 Å². The molecular formula is C28H26N6O4S. The van der Waals surface area contributed by atoms with Crippen LogP contribution in [0.1, 0.15) is 29.9 Å². The number of hydrogen-bond acceptors (Lipinski definition) is 6. The van der Waals surface area contributed by atoms with Crippen molar-refractivity contribution in [1.82, 2.24) is 19.8 Å². The molecule has 1 amide bonds. The van der Waals surface area contributed by atoms with Gasteiger partial charge in [0.15, 0.2) is 5.11 Å².